The Bertz CT molecular complexity index is 566. The molecule has 0 aliphatic heterocycles. The van der Waals surface area contributed by atoms with Crippen LogP contribution >= 0.6 is 23.2 Å². The number of hydrogen-bond acceptors (Lipinski definition) is 2. The Hall–Kier alpha value is -1.38. The molecule has 0 saturated carbocycles. The standard InChI is InChI=1S/C16H17Cl2NO/c1-11(10-12-6-3-4-9-15(12)20-2)19-16-13(17)7-5-8-14(16)18/h3-9,11,19H,10H2,1-2H3. The molecule has 2 aromatic carbocycles. The van der Waals surface area contributed by atoms with Crippen LogP contribution in [0.1, 0.15) is 12.5 Å². The summed E-state index contributed by atoms with van der Waals surface area (Å²) in [4.78, 5) is 0. The number of hydrogen-bond donors (Lipinski definition) is 1. The van der Waals surface area contributed by atoms with E-state index in [0.717, 1.165) is 23.4 Å². The van der Waals surface area contributed by atoms with Crippen LogP contribution in [0.25, 0.3) is 0 Å². The summed E-state index contributed by atoms with van der Waals surface area (Å²) in [6.07, 6.45) is 0.825. The van der Waals surface area contributed by atoms with Gasteiger partial charge in [0, 0.05) is 6.04 Å². The molecule has 0 aromatic heterocycles. The Morgan fingerprint density at radius 2 is 1.70 bits per heavy atom. The third-order valence-electron chi connectivity index (χ3n) is 3.07. The zero-order valence-corrected chi connectivity index (χ0v) is 13.0. The van der Waals surface area contributed by atoms with Gasteiger partial charge in [0.15, 0.2) is 0 Å². The second-order valence-corrected chi connectivity index (χ2v) is 5.47. The Morgan fingerprint density at radius 1 is 1.05 bits per heavy atom. The molecular formula is C16H17Cl2NO. The van der Waals surface area contributed by atoms with Crippen LogP contribution in [0.4, 0.5) is 5.69 Å². The SMILES string of the molecule is COc1ccccc1CC(C)Nc1c(Cl)cccc1Cl. The summed E-state index contributed by atoms with van der Waals surface area (Å²) in [5.74, 6) is 0.895. The van der Waals surface area contributed by atoms with Crippen molar-refractivity contribution in [2.45, 2.75) is 19.4 Å². The molecule has 0 bridgehead atoms. The molecule has 1 unspecified atom stereocenters. The molecule has 0 fully saturated rings. The first-order chi connectivity index (χ1) is 9.61. The summed E-state index contributed by atoms with van der Waals surface area (Å²) in [6, 6.07) is 13.7. The van der Waals surface area contributed by atoms with Gasteiger partial charge in [-0.25, -0.2) is 0 Å². The second-order valence-electron chi connectivity index (χ2n) is 4.66. The Labute approximate surface area is 129 Å². The van der Waals surface area contributed by atoms with E-state index >= 15 is 0 Å². The lowest BCUT2D eigenvalue weighted by Crippen LogP contribution is -2.19. The fourth-order valence-corrected chi connectivity index (χ4v) is 2.64. The molecule has 2 rings (SSSR count). The lowest BCUT2D eigenvalue weighted by Gasteiger charge is -2.18. The predicted octanol–water partition coefficient (Wildman–Crippen LogP) is 5.05. The van der Waals surface area contributed by atoms with E-state index in [0.29, 0.717) is 10.0 Å². The van der Waals surface area contributed by atoms with Crippen LogP contribution in [0.15, 0.2) is 42.5 Å². The van der Waals surface area contributed by atoms with E-state index < -0.39 is 0 Å². The van der Waals surface area contributed by atoms with Gasteiger partial charge in [0.05, 0.1) is 22.8 Å². The van der Waals surface area contributed by atoms with Crippen LogP contribution in [-0.4, -0.2) is 13.2 Å². The van der Waals surface area contributed by atoms with Crippen LogP contribution in [0.2, 0.25) is 10.0 Å². The molecule has 0 spiro atoms. The van der Waals surface area contributed by atoms with Gasteiger partial charge in [0.25, 0.3) is 0 Å². The number of benzene rings is 2. The van der Waals surface area contributed by atoms with Crippen molar-refractivity contribution in [3.05, 3.63) is 58.1 Å². The van der Waals surface area contributed by atoms with E-state index in [1.54, 1.807) is 7.11 Å². The average molecular weight is 310 g/mol. The Kier molecular flexibility index (Phi) is 5.16. The van der Waals surface area contributed by atoms with E-state index in [-0.39, 0.29) is 6.04 Å². The van der Waals surface area contributed by atoms with Gasteiger partial charge in [0.2, 0.25) is 0 Å². The minimum atomic E-state index is 0.184. The molecule has 0 aliphatic rings. The molecule has 0 amide bonds. The smallest absolute Gasteiger partial charge is 0.122 e. The zero-order chi connectivity index (χ0) is 14.5. The molecule has 0 heterocycles. The number of halogens is 2. The maximum absolute atomic E-state index is 6.16. The Balaban J connectivity index is 2.11. The minimum absolute atomic E-state index is 0.184. The zero-order valence-electron chi connectivity index (χ0n) is 11.5. The van der Waals surface area contributed by atoms with Crippen LogP contribution in [-0.2, 0) is 6.42 Å². The highest BCUT2D eigenvalue weighted by atomic mass is 35.5. The molecule has 0 saturated heterocycles. The number of rotatable bonds is 5. The Morgan fingerprint density at radius 3 is 2.35 bits per heavy atom. The quantitative estimate of drug-likeness (QED) is 0.835. The van der Waals surface area contributed by atoms with E-state index in [1.807, 2.05) is 36.4 Å². The van der Waals surface area contributed by atoms with Crippen molar-refractivity contribution >= 4 is 28.9 Å². The summed E-state index contributed by atoms with van der Waals surface area (Å²) in [6.45, 7) is 2.09. The molecule has 2 nitrogen and oxygen atoms in total. The maximum atomic E-state index is 6.16. The molecular weight excluding hydrogens is 293 g/mol. The fraction of sp³-hybridized carbons (Fsp3) is 0.250. The van der Waals surface area contributed by atoms with Crippen molar-refractivity contribution in [1.29, 1.82) is 0 Å². The highest BCUT2D eigenvalue weighted by molar-refractivity contribution is 6.39. The highest BCUT2D eigenvalue weighted by Crippen LogP contribution is 2.31. The predicted molar refractivity (Wildman–Crippen MR) is 86.2 cm³/mol. The molecule has 1 N–H and O–H groups in total. The van der Waals surface area contributed by atoms with Crippen LogP contribution in [0.3, 0.4) is 0 Å². The van der Waals surface area contributed by atoms with Gasteiger partial charge in [-0.1, -0.05) is 47.5 Å². The normalized spacial score (nSPS) is 12.0. The van der Waals surface area contributed by atoms with Crippen molar-refractivity contribution in [2.75, 3.05) is 12.4 Å². The summed E-state index contributed by atoms with van der Waals surface area (Å²) in [5.41, 5.74) is 1.93. The molecule has 0 radical (unpaired) electrons. The largest absolute Gasteiger partial charge is 0.496 e. The van der Waals surface area contributed by atoms with Crippen molar-refractivity contribution in [3.63, 3.8) is 0 Å². The van der Waals surface area contributed by atoms with Crippen LogP contribution in [0.5, 0.6) is 5.75 Å². The summed E-state index contributed by atoms with van der Waals surface area (Å²) in [5, 5.41) is 4.62. The third-order valence-corrected chi connectivity index (χ3v) is 3.70. The van der Waals surface area contributed by atoms with Gasteiger partial charge in [-0.15, -0.1) is 0 Å². The van der Waals surface area contributed by atoms with E-state index in [2.05, 4.69) is 18.3 Å². The van der Waals surface area contributed by atoms with Gasteiger partial charge in [-0.3, -0.25) is 0 Å². The van der Waals surface area contributed by atoms with Crippen LogP contribution < -0.4 is 10.1 Å². The van der Waals surface area contributed by atoms with Crippen molar-refractivity contribution in [1.82, 2.24) is 0 Å². The van der Waals surface area contributed by atoms with Gasteiger partial charge in [0.1, 0.15) is 5.75 Å². The second kappa shape index (κ2) is 6.87. The van der Waals surface area contributed by atoms with Crippen molar-refractivity contribution in [2.24, 2.45) is 0 Å². The first-order valence-electron chi connectivity index (χ1n) is 6.44. The van der Waals surface area contributed by atoms with Gasteiger partial charge >= 0.3 is 0 Å². The summed E-state index contributed by atoms with van der Waals surface area (Å²) in [7, 11) is 1.68. The minimum Gasteiger partial charge on any atom is -0.496 e. The topological polar surface area (TPSA) is 21.3 Å². The van der Waals surface area contributed by atoms with E-state index in [1.165, 1.54) is 0 Å². The number of anilines is 1. The number of nitrogens with one attached hydrogen (secondary N) is 1. The van der Waals surface area contributed by atoms with Gasteiger partial charge in [-0.2, -0.15) is 0 Å². The number of methoxy groups -OCH3 is 1. The first-order valence-corrected chi connectivity index (χ1v) is 7.20. The summed E-state index contributed by atoms with van der Waals surface area (Å²) >= 11 is 12.3. The third kappa shape index (κ3) is 3.59. The molecule has 4 heteroatoms. The lowest BCUT2D eigenvalue weighted by atomic mass is 10.1. The van der Waals surface area contributed by atoms with Gasteiger partial charge < -0.3 is 10.1 Å². The van der Waals surface area contributed by atoms with Crippen LogP contribution in [0, 0.1) is 0 Å². The average Bonchev–Trinajstić information content (AvgIpc) is 2.44. The van der Waals surface area contributed by atoms with E-state index in [9.17, 15) is 0 Å². The van der Waals surface area contributed by atoms with Crippen molar-refractivity contribution in [3.8, 4) is 5.75 Å². The number of para-hydroxylation sites is 2. The first kappa shape index (κ1) is 15.0. The highest BCUT2D eigenvalue weighted by Gasteiger charge is 2.11. The fourth-order valence-electron chi connectivity index (χ4n) is 2.13. The van der Waals surface area contributed by atoms with Gasteiger partial charge in [-0.05, 0) is 37.1 Å². The monoisotopic (exact) mass is 309 g/mol. The molecule has 106 valence electrons. The number of ether oxygens (including phenoxy) is 1. The maximum Gasteiger partial charge on any atom is 0.122 e. The van der Waals surface area contributed by atoms with E-state index in [4.69, 9.17) is 27.9 Å². The molecule has 2 aromatic rings. The summed E-state index contributed by atoms with van der Waals surface area (Å²) < 4.78 is 5.36. The lowest BCUT2D eigenvalue weighted by molar-refractivity contribution is 0.409. The molecule has 20 heavy (non-hydrogen) atoms. The van der Waals surface area contributed by atoms with Crippen molar-refractivity contribution < 1.29 is 4.74 Å². The molecule has 0 aliphatic carbocycles. The molecule has 1 atom stereocenters.